The Morgan fingerprint density at radius 3 is 2.72 bits per heavy atom. The summed E-state index contributed by atoms with van der Waals surface area (Å²) >= 11 is 5.88. The Kier molecular flexibility index (Phi) is 3.20. The van der Waals surface area contributed by atoms with E-state index in [1.54, 1.807) is 12.1 Å². The molecule has 1 aliphatic heterocycles. The van der Waals surface area contributed by atoms with Crippen molar-refractivity contribution >= 4 is 34.3 Å². The lowest BCUT2D eigenvalue weighted by Gasteiger charge is -2.28. The fourth-order valence-electron chi connectivity index (χ4n) is 3.02. The van der Waals surface area contributed by atoms with Crippen LogP contribution in [0.15, 0.2) is 46.9 Å². The predicted molar refractivity (Wildman–Crippen MR) is 86.7 cm³/mol. The number of aromatic nitrogens is 1. The molecule has 1 aromatic heterocycles. The van der Waals surface area contributed by atoms with Crippen molar-refractivity contribution in [1.29, 1.82) is 0 Å². The number of halogens is 3. The number of rotatable bonds is 2. The van der Waals surface area contributed by atoms with Gasteiger partial charge in [-0.05, 0) is 30.3 Å². The SMILES string of the molecule is CN1C(=O)C(O)(C(F)(F)c2nc3ccccc3o2)c2cc(Cl)ccc21. The molecule has 128 valence electrons. The molecule has 1 N–H and O–H groups in total. The van der Waals surface area contributed by atoms with E-state index in [4.69, 9.17) is 16.0 Å². The van der Waals surface area contributed by atoms with Crippen molar-refractivity contribution in [3.05, 3.63) is 58.9 Å². The summed E-state index contributed by atoms with van der Waals surface area (Å²) in [7, 11) is 1.30. The van der Waals surface area contributed by atoms with Crippen LogP contribution in [-0.4, -0.2) is 23.0 Å². The second kappa shape index (κ2) is 5.00. The van der Waals surface area contributed by atoms with Gasteiger partial charge in [0.05, 0.1) is 5.69 Å². The van der Waals surface area contributed by atoms with E-state index >= 15 is 8.78 Å². The van der Waals surface area contributed by atoms with Crippen molar-refractivity contribution in [2.45, 2.75) is 11.5 Å². The van der Waals surface area contributed by atoms with Gasteiger partial charge < -0.3 is 14.4 Å². The van der Waals surface area contributed by atoms with Gasteiger partial charge in [-0.3, -0.25) is 4.79 Å². The summed E-state index contributed by atoms with van der Waals surface area (Å²) in [6, 6.07) is 10.2. The molecule has 8 heteroatoms. The van der Waals surface area contributed by atoms with Crippen molar-refractivity contribution in [1.82, 2.24) is 4.98 Å². The fourth-order valence-corrected chi connectivity index (χ4v) is 3.19. The van der Waals surface area contributed by atoms with Crippen LogP contribution in [0, 0.1) is 0 Å². The maximum Gasteiger partial charge on any atom is 0.363 e. The van der Waals surface area contributed by atoms with Crippen molar-refractivity contribution in [2.24, 2.45) is 0 Å². The summed E-state index contributed by atoms with van der Waals surface area (Å²) in [5, 5.41) is 10.9. The molecule has 0 saturated heterocycles. The van der Waals surface area contributed by atoms with Crippen LogP contribution >= 0.6 is 11.6 Å². The highest BCUT2D eigenvalue weighted by molar-refractivity contribution is 6.31. The molecular weight excluding hydrogens is 354 g/mol. The third-order valence-electron chi connectivity index (χ3n) is 4.34. The van der Waals surface area contributed by atoms with Gasteiger partial charge in [0.1, 0.15) is 5.52 Å². The first-order valence-electron chi connectivity index (χ1n) is 7.31. The Bertz CT molecular complexity index is 987. The molecule has 0 bridgehead atoms. The van der Waals surface area contributed by atoms with Gasteiger partial charge in [-0.15, -0.1) is 0 Å². The lowest BCUT2D eigenvalue weighted by Crippen LogP contribution is -2.50. The quantitative estimate of drug-likeness (QED) is 0.756. The van der Waals surface area contributed by atoms with E-state index in [1.807, 2.05) is 0 Å². The molecule has 1 unspecified atom stereocenters. The topological polar surface area (TPSA) is 66.6 Å². The molecule has 2 aromatic carbocycles. The van der Waals surface area contributed by atoms with Gasteiger partial charge in [0.15, 0.2) is 5.58 Å². The molecule has 3 aromatic rings. The average Bonchev–Trinajstić information content (AvgIpc) is 3.11. The number of oxazole rings is 1. The van der Waals surface area contributed by atoms with Gasteiger partial charge in [-0.1, -0.05) is 23.7 Å². The van der Waals surface area contributed by atoms with E-state index in [9.17, 15) is 9.90 Å². The third-order valence-corrected chi connectivity index (χ3v) is 4.58. The van der Waals surface area contributed by atoms with Crippen molar-refractivity contribution in [3.63, 3.8) is 0 Å². The normalized spacial score (nSPS) is 20.4. The van der Waals surface area contributed by atoms with Crippen LogP contribution in [0.25, 0.3) is 11.1 Å². The van der Waals surface area contributed by atoms with E-state index in [-0.39, 0.29) is 27.4 Å². The molecule has 0 spiro atoms. The second-order valence-corrected chi connectivity index (χ2v) is 6.23. The van der Waals surface area contributed by atoms with Crippen molar-refractivity contribution in [3.8, 4) is 0 Å². The van der Waals surface area contributed by atoms with Gasteiger partial charge in [0.2, 0.25) is 5.60 Å². The molecule has 0 fully saturated rings. The highest BCUT2D eigenvalue weighted by Crippen LogP contribution is 2.53. The number of aliphatic hydroxyl groups is 1. The van der Waals surface area contributed by atoms with Gasteiger partial charge in [-0.2, -0.15) is 8.78 Å². The number of anilines is 1. The van der Waals surface area contributed by atoms with Crippen molar-refractivity contribution in [2.75, 3.05) is 11.9 Å². The number of para-hydroxylation sites is 2. The third kappa shape index (κ3) is 1.96. The number of hydrogen-bond donors (Lipinski definition) is 1. The number of hydrogen-bond acceptors (Lipinski definition) is 4. The Labute approximate surface area is 145 Å². The van der Waals surface area contributed by atoms with Crippen LogP contribution in [0.5, 0.6) is 0 Å². The van der Waals surface area contributed by atoms with Gasteiger partial charge in [0.25, 0.3) is 11.8 Å². The molecule has 0 radical (unpaired) electrons. The summed E-state index contributed by atoms with van der Waals surface area (Å²) in [6.07, 6.45) is 0. The summed E-state index contributed by atoms with van der Waals surface area (Å²) in [4.78, 5) is 17.2. The molecule has 2 heterocycles. The standard InChI is InChI=1S/C17H11ClF2N2O3/c1-22-12-7-6-9(18)8-10(12)16(24,15(22)23)17(19,20)14-21-11-4-2-3-5-13(11)25-14/h2-8,24H,1H3. The number of fused-ring (bicyclic) bond motifs is 2. The van der Waals surface area contributed by atoms with Crippen LogP contribution in [0.3, 0.4) is 0 Å². The molecule has 1 aliphatic rings. The summed E-state index contributed by atoms with van der Waals surface area (Å²) in [5.74, 6) is -6.32. The van der Waals surface area contributed by atoms with Crippen LogP contribution in [0.1, 0.15) is 11.5 Å². The van der Waals surface area contributed by atoms with Gasteiger partial charge in [-0.25, -0.2) is 4.98 Å². The molecule has 4 rings (SSSR count). The number of nitrogens with zero attached hydrogens (tertiary/aromatic N) is 2. The van der Waals surface area contributed by atoms with E-state index in [2.05, 4.69) is 4.98 Å². The monoisotopic (exact) mass is 364 g/mol. The van der Waals surface area contributed by atoms with E-state index < -0.39 is 23.3 Å². The number of alkyl halides is 2. The lowest BCUT2D eigenvalue weighted by molar-refractivity contribution is -0.204. The lowest BCUT2D eigenvalue weighted by atomic mass is 9.88. The number of amides is 1. The average molecular weight is 365 g/mol. The van der Waals surface area contributed by atoms with E-state index in [0.29, 0.717) is 0 Å². The van der Waals surface area contributed by atoms with Gasteiger partial charge in [0, 0.05) is 17.6 Å². The number of carbonyl (C=O) groups excluding carboxylic acids is 1. The minimum atomic E-state index is -4.10. The Morgan fingerprint density at radius 1 is 1.28 bits per heavy atom. The van der Waals surface area contributed by atoms with E-state index in [0.717, 1.165) is 11.0 Å². The molecule has 0 saturated carbocycles. The number of likely N-dealkylation sites (N-methyl/N-ethyl adjacent to an activating group) is 1. The maximum absolute atomic E-state index is 15.2. The fraction of sp³-hybridized carbons (Fsp3) is 0.176. The second-order valence-electron chi connectivity index (χ2n) is 5.80. The smallest absolute Gasteiger partial charge is 0.363 e. The highest BCUT2D eigenvalue weighted by Gasteiger charge is 2.68. The first-order valence-corrected chi connectivity index (χ1v) is 7.69. The largest absolute Gasteiger partial charge is 0.435 e. The molecule has 1 atom stereocenters. The molecule has 0 aliphatic carbocycles. The zero-order valence-corrected chi connectivity index (χ0v) is 13.6. The molecule has 1 amide bonds. The summed E-state index contributed by atoms with van der Waals surface area (Å²) in [6.45, 7) is 0. The summed E-state index contributed by atoms with van der Waals surface area (Å²) in [5.41, 5.74) is -2.98. The number of carbonyl (C=O) groups is 1. The Morgan fingerprint density at radius 2 is 2.00 bits per heavy atom. The minimum Gasteiger partial charge on any atom is -0.435 e. The van der Waals surface area contributed by atoms with Gasteiger partial charge >= 0.3 is 5.92 Å². The van der Waals surface area contributed by atoms with Crippen LogP contribution in [-0.2, 0) is 16.3 Å². The molecule has 25 heavy (non-hydrogen) atoms. The first-order chi connectivity index (χ1) is 11.8. The first kappa shape index (κ1) is 16.0. The van der Waals surface area contributed by atoms with Crippen LogP contribution in [0.2, 0.25) is 5.02 Å². The molecule has 5 nitrogen and oxygen atoms in total. The highest BCUT2D eigenvalue weighted by atomic mass is 35.5. The number of benzene rings is 2. The Hall–Kier alpha value is -2.51. The van der Waals surface area contributed by atoms with Crippen molar-refractivity contribution < 1.29 is 23.1 Å². The summed E-state index contributed by atoms with van der Waals surface area (Å²) < 4.78 is 35.6. The van der Waals surface area contributed by atoms with Crippen LogP contribution < -0.4 is 4.90 Å². The van der Waals surface area contributed by atoms with E-state index in [1.165, 1.54) is 31.3 Å². The molecular formula is C17H11ClF2N2O3. The minimum absolute atomic E-state index is 0.119. The zero-order chi connectivity index (χ0) is 18.0. The zero-order valence-electron chi connectivity index (χ0n) is 12.8. The Balaban J connectivity index is 1.95. The van der Waals surface area contributed by atoms with Crippen LogP contribution in [0.4, 0.5) is 14.5 Å². The maximum atomic E-state index is 15.2. The predicted octanol–water partition coefficient (Wildman–Crippen LogP) is 3.44.